The maximum Gasteiger partial charge on any atom is 0.293 e. The fourth-order valence-corrected chi connectivity index (χ4v) is 4.04. The number of hydrogen-bond acceptors (Lipinski definition) is 5. The SMILES string of the molecule is Cl.N=C(N)c1ccc(C(=O)NC(Cl)C2CCc3cnc(NC4CCC4)c(=O)n32)cc1. The molecule has 2 heterocycles. The van der Waals surface area contributed by atoms with Crippen molar-refractivity contribution in [2.75, 3.05) is 5.32 Å². The number of fused-ring (bicyclic) bond motifs is 1. The average molecular weight is 451 g/mol. The number of carbonyl (C=O) groups is 1. The number of rotatable bonds is 6. The number of nitrogens with two attached hydrogens (primary N) is 1. The number of carbonyl (C=O) groups excluding carboxylic acids is 1. The van der Waals surface area contributed by atoms with Gasteiger partial charge in [-0.25, -0.2) is 4.98 Å². The Balaban J connectivity index is 0.00000256. The maximum absolute atomic E-state index is 12.9. The summed E-state index contributed by atoms with van der Waals surface area (Å²) in [6.07, 6.45) is 6.31. The molecule has 160 valence electrons. The highest BCUT2D eigenvalue weighted by Gasteiger charge is 2.32. The first-order valence-electron chi connectivity index (χ1n) is 9.70. The number of hydrogen-bond donors (Lipinski definition) is 4. The largest absolute Gasteiger partial charge is 0.384 e. The van der Waals surface area contributed by atoms with E-state index in [0.29, 0.717) is 35.8 Å². The van der Waals surface area contributed by atoms with Crippen molar-refractivity contribution in [2.24, 2.45) is 5.73 Å². The second-order valence-electron chi connectivity index (χ2n) is 7.52. The molecule has 1 saturated carbocycles. The van der Waals surface area contributed by atoms with Gasteiger partial charge in [0.1, 0.15) is 11.3 Å². The van der Waals surface area contributed by atoms with Crippen LogP contribution in [0.2, 0.25) is 0 Å². The van der Waals surface area contributed by atoms with Gasteiger partial charge in [-0.15, -0.1) is 12.4 Å². The molecule has 1 aromatic heterocycles. The lowest BCUT2D eigenvalue weighted by molar-refractivity contribution is 0.0940. The molecular weight excluding hydrogens is 427 g/mol. The van der Waals surface area contributed by atoms with Gasteiger partial charge in [0.15, 0.2) is 5.82 Å². The van der Waals surface area contributed by atoms with Gasteiger partial charge in [-0.05, 0) is 44.2 Å². The highest BCUT2D eigenvalue weighted by molar-refractivity contribution is 6.22. The molecule has 0 spiro atoms. The molecule has 2 atom stereocenters. The van der Waals surface area contributed by atoms with Crippen molar-refractivity contribution < 1.29 is 4.79 Å². The van der Waals surface area contributed by atoms with Crippen LogP contribution in [-0.2, 0) is 6.42 Å². The van der Waals surface area contributed by atoms with E-state index in [2.05, 4.69) is 15.6 Å². The Morgan fingerprint density at radius 2 is 1.90 bits per heavy atom. The summed E-state index contributed by atoms with van der Waals surface area (Å²) in [5.41, 5.74) is 6.28. The Kier molecular flexibility index (Phi) is 6.67. The highest BCUT2D eigenvalue weighted by atomic mass is 35.5. The molecule has 1 aliphatic carbocycles. The first-order chi connectivity index (χ1) is 13.9. The first kappa shape index (κ1) is 22.1. The Labute approximate surface area is 185 Å². The lowest BCUT2D eigenvalue weighted by Crippen LogP contribution is -2.40. The van der Waals surface area contributed by atoms with E-state index in [4.69, 9.17) is 22.7 Å². The van der Waals surface area contributed by atoms with Gasteiger partial charge in [-0.1, -0.05) is 23.7 Å². The van der Waals surface area contributed by atoms with E-state index in [9.17, 15) is 9.59 Å². The van der Waals surface area contributed by atoms with Gasteiger partial charge in [0.2, 0.25) is 0 Å². The van der Waals surface area contributed by atoms with E-state index < -0.39 is 5.50 Å². The third kappa shape index (κ3) is 4.29. The van der Waals surface area contributed by atoms with Crippen LogP contribution in [0.5, 0.6) is 0 Å². The van der Waals surface area contributed by atoms with Crippen molar-refractivity contribution >= 4 is 41.6 Å². The fraction of sp³-hybridized carbons (Fsp3) is 0.400. The minimum absolute atomic E-state index is 0. The molecular formula is C20H24Cl2N6O2. The predicted octanol–water partition coefficient (Wildman–Crippen LogP) is 2.40. The van der Waals surface area contributed by atoms with Crippen molar-refractivity contribution in [2.45, 2.75) is 49.7 Å². The molecule has 1 aromatic carbocycles. The van der Waals surface area contributed by atoms with E-state index in [-0.39, 0.29) is 35.8 Å². The van der Waals surface area contributed by atoms with Crippen LogP contribution in [0.25, 0.3) is 0 Å². The number of anilines is 1. The van der Waals surface area contributed by atoms with E-state index in [1.165, 1.54) is 0 Å². The van der Waals surface area contributed by atoms with E-state index in [1.54, 1.807) is 35.0 Å². The van der Waals surface area contributed by atoms with Crippen molar-refractivity contribution in [3.63, 3.8) is 0 Å². The summed E-state index contributed by atoms with van der Waals surface area (Å²) in [5, 5.41) is 13.4. The molecule has 30 heavy (non-hydrogen) atoms. The first-order valence-corrected chi connectivity index (χ1v) is 10.1. The third-order valence-electron chi connectivity index (χ3n) is 5.61. The summed E-state index contributed by atoms with van der Waals surface area (Å²) in [6.45, 7) is 0. The Hall–Kier alpha value is -2.58. The summed E-state index contributed by atoms with van der Waals surface area (Å²) in [4.78, 5) is 29.8. The van der Waals surface area contributed by atoms with E-state index in [1.807, 2.05) is 0 Å². The molecule has 2 aliphatic rings. The number of aromatic nitrogens is 2. The standard InChI is InChI=1S/C20H23ClN6O2.ClH/c21-16(26-19(28)12-6-4-11(5-7-12)17(22)23)15-9-8-14-10-24-18(20(29)27(14)15)25-13-2-1-3-13;/h4-7,10,13,15-16H,1-3,8-9H2,(H3,22,23)(H,24,25)(H,26,28);1H. The normalized spacial score (nSPS) is 18.5. The van der Waals surface area contributed by atoms with E-state index in [0.717, 1.165) is 25.0 Å². The summed E-state index contributed by atoms with van der Waals surface area (Å²) in [5.74, 6) is -0.0575. The van der Waals surface area contributed by atoms with Gasteiger partial charge in [-0.2, -0.15) is 0 Å². The molecule has 2 aromatic rings. The van der Waals surface area contributed by atoms with Crippen molar-refractivity contribution in [3.05, 3.63) is 57.6 Å². The quantitative estimate of drug-likeness (QED) is 0.232. The van der Waals surface area contributed by atoms with Crippen molar-refractivity contribution in [3.8, 4) is 0 Å². The summed E-state index contributed by atoms with van der Waals surface area (Å²) >= 11 is 6.52. The molecule has 1 fully saturated rings. The topological polar surface area (TPSA) is 126 Å². The van der Waals surface area contributed by atoms with Gasteiger partial charge < -0.3 is 20.9 Å². The summed E-state index contributed by atoms with van der Waals surface area (Å²) in [6, 6.07) is 6.37. The molecule has 8 nitrogen and oxygen atoms in total. The molecule has 5 N–H and O–H groups in total. The molecule has 4 rings (SSSR count). The van der Waals surface area contributed by atoms with Crippen molar-refractivity contribution in [1.29, 1.82) is 5.41 Å². The Morgan fingerprint density at radius 3 is 2.50 bits per heavy atom. The number of alkyl halides is 1. The second-order valence-corrected chi connectivity index (χ2v) is 7.99. The zero-order valence-corrected chi connectivity index (χ0v) is 17.8. The van der Waals surface area contributed by atoms with Crippen LogP contribution in [0.4, 0.5) is 5.82 Å². The highest BCUT2D eigenvalue weighted by Crippen LogP contribution is 2.29. The Bertz CT molecular complexity index is 1000. The summed E-state index contributed by atoms with van der Waals surface area (Å²) < 4.78 is 1.66. The van der Waals surface area contributed by atoms with Crippen LogP contribution in [0.1, 0.15) is 53.3 Å². The maximum atomic E-state index is 12.9. The number of amides is 1. The van der Waals surface area contributed by atoms with Gasteiger partial charge in [0, 0.05) is 29.1 Å². The number of benzene rings is 1. The zero-order chi connectivity index (χ0) is 20.5. The number of nitrogen functional groups attached to an aromatic ring is 1. The smallest absolute Gasteiger partial charge is 0.293 e. The van der Waals surface area contributed by atoms with Crippen LogP contribution in [0, 0.1) is 5.41 Å². The molecule has 0 bridgehead atoms. The van der Waals surface area contributed by atoms with Crippen molar-refractivity contribution in [1.82, 2.24) is 14.9 Å². The Morgan fingerprint density at radius 1 is 1.23 bits per heavy atom. The molecule has 1 amide bonds. The number of nitrogens with zero attached hydrogens (tertiary/aromatic N) is 2. The molecule has 0 radical (unpaired) electrons. The second kappa shape index (κ2) is 9.06. The zero-order valence-electron chi connectivity index (χ0n) is 16.2. The lowest BCUT2D eigenvalue weighted by Gasteiger charge is -2.27. The van der Waals surface area contributed by atoms with Crippen LogP contribution in [-0.4, -0.2) is 32.8 Å². The number of amidine groups is 1. The van der Waals surface area contributed by atoms with Crippen LogP contribution in [0.15, 0.2) is 35.3 Å². The predicted molar refractivity (Wildman–Crippen MR) is 119 cm³/mol. The van der Waals surface area contributed by atoms with E-state index >= 15 is 0 Å². The monoisotopic (exact) mass is 450 g/mol. The van der Waals surface area contributed by atoms with Gasteiger partial charge in [0.05, 0.1) is 6.04 Å². The van der Waals surface area contributed by atoms with Crippen LogP contribution in [0.3, 0.4) is 0 Å². The summed E-state index contributed by atoms with van der Waals surface area (Å²) in [7, 11) is 0. The van der Waals surface area contributed by atoms with Gasteiger partial charge in [0.25, 0.3) is 11.5 Å². The van der Waals surface area contributed by atoms with Crippen LogP contribution < -0.4 is 21.9 Å². The fourth-order valence-electron chi connectivity index (χ4n) is 3.70. The third-order valence-corrected chi connectivity index (χ3v) is 6.01. The molecule has 0 saturated heterocycles. The lowest BCUT2D eigenvalue weighted by atomic mass is 9.93. The minimum atomic E-state index is -0.743. The number of aryl methyl sites for hydroxylation is 1. The number of halogens is 2. The molecule has 10 heteroatoms. The molecule has 2 unspecified atom stereocenters. The average Bonchev–Trinajstić information content (AvgIpc) is 3.11. The van der Waals surface area contributed by atoms with Gasteiger partial charge in [-0.3, -0.25) is 15.0 Å². The minimum Gasteiger partial charge on any atom is -0.384 e. The number of nitrogens with one attached hydrogen (secondary N) is 3. The molecule has 1 aliphatic heterocycles. The van der Waals surface area contributed by atoms with Gasteiger partial charge >= 0.3 is 0 Å². The van der Waals surface area contributed by atoms with Crippen LogP contribution >= 0.6 is 24.0 Å².